The van der Waals surface area contributed by atoms with E-state index in [-0.39, 0.29) is 22.6 Å². The fourth-order valence-corrected chi connectivity index (χ4v) is 4.57. The first kappa shape index (κ1) is 16.2. The first-order valence-electron chi connectivity index (χ1n) is 7.88. The molecular formula is C18H16N2O3S2. The minimum atomic E-state index is -3.26. The van der Waals surface area contributed by atoms with E-state index in [1.807, 2.05) is 30.3 Å². The number of fused-ring (bicyclic) bond motifs is 1. The number of thiazole rings is 1. The standard InChI is InChI=1S/C18H16N2O3S2/c1-25(22,23)12-7-8-15-16(9-12)24-18(19-15)20-17(21)14-10-13(14)11-5-3-2-4-6-11/h2-9,13-14H,10H2,1H3,(H,19,20,21)/t13-,14-/m1/s1. The van der Waals surface area contributed by atoms with Crippen molar-refractivity contribution in [3.63, 3.8) is 0 Å². The molecule has 5 nitrogen and oxygen atoms in total. The van der Waals surface area contributed by atoms with Crippen LogP contribution in [0.15, 0.2) is 53.4 Å². The highest BCUT2D eigenvalue weighted by atomic mass is 32.2. The molecule has 1 N–H and O–H groups in total. The summed E-state index contributed by atoms with van der Waals surface area (Å²) in [6.45, 7) is 0. The van der Waals surface area contributed by atoms with Gasteiger partial charge in [0.15, 0.2) is 15.0 Å². The number of amides is 1. The van der Waals surface area contributed by atoms with E-state index in [9.17, 15) is 13.2 Å². The van der Waals surface area contributed by atoms with E-state index in [4.69, 9.17) is 0 Å². The number of benzene rings is 2. The Kier molecular flexibility index (Phi) is 3.85. The van der Waals surface area contributed by atoms with Crippen molar-refractivity contribution in [2.75, 3.05) is 11.6 Å². The zero-order valence-corrected chi connectivity index (χ0v) is 15.1. The third-order valence-electron chi connectivity index (χ3n) is 4.37. The molecule has 2 aromatic carbocycles. The largest absolute Gasteiger partial charge is 0.302 e. The van der Waals surface area contributed by atoms with Crippen LogP contribution in [0.4, 0.5) is 5.13 Å². The van der Waals surface area contributed by atoms with Crippen LogP contribution in [0.3, 0.4) is 0 Å². The van der Waals surface area contributed by atoms with Gasteiger partial charge in [0.25, 0.3) is 0 Å². The molecule has 128 valence electrons. The molecule has 25 heavy (non-hydrogen) atoms. The number of hydrogen-bond acceptors (Lipinski definition) is 5. The topological polar surface area (TPSA) is 76.1 Å². The summed E-state index contributed by atoms with van der Waals surface area (Å²) in [4.78, 5) is 17.1. The molecular weight excluding hydrogens is 356 g/mol. The average Bonchev–Trinajstić information content (AvgIpc) is 3.28. The second kappa shape index (κ2) is 5.93. The Balaban J connectivity index is 1.50. The third kappa shape index (κ3) is 3.29. The van der Waals surface area contributed by atoms with Gasteiger partial charge in [0, 0.05) is 12.2 Å². The number of anilines is 1. The lowest BCUT2D eigenvalue weighted by Gasteiger charge is -2.01. The Bertz CT molecular complexity index is 1060. The van der Waals surface area contributed by atoms with Crippen LogP contribution < -0.4 is 5.32 Å². The summed E-state index contributed by atoms with van der Waals surface area (Å²) in [5, 5.41) is 3.37. The number of rotatable bonds is 4. The lowest BCUT2D eigenvalue weighted by Crippen LogP contribution is -2.14. The van der Waals surface area contributed by atoms with Crippen molar-refractivity contribution < 1.29 is 13.2 Å². The highest BCUT2D eigenvalue weighted by Gasteiger charge is 2.44. The summed E-state index contributed by atoms with van der Waals surface area (Å²) in [5.41, 5.74) is 1.87. The summed E-state index contributed by atoms with van der Waals surface area (Å²) in [5.74, 6) is 0.213. The van der Waals surface area contributed by atoms with Crippen LogP contribution in [0, 0.1) is 5.92 Å². The molecule has 0 saturated heterocycles. The van der Waals surface area contributed by atoms with Crippen molar-refractivity contribution in [3.8, 4) is 0 Å². The monoisotopic (exact) mass is 372 g/mol. The SMILES string of the molecule is CS(=O)(=O)c1ccc2nc(NC(=O)[C@@H]3C[C@@H]3c3ccccc3)sc2c1. The van der Waals surface area contributed by atoms with Crippen molar-refractivity contribution in [3.05, 3.63) is 54.1 Å². The quantitative estimate of drug-likeness (QED) is 0.761. The molecule has 0 spiro atoms. The second-order valence-electron chi connectivity index (χ2n) is 6.27. The maximum atomic E-state index is 12.4. The van der Waals surface area contributed by atoms with Gasteiger partial charge in [-0.25, -0.2) is 13.4 Å². The highest BCUT2D eigenvalue weighted by molar-refractivity contribution is 7.90. The van der Waals surface area contributed by atoms with Gasteiger partial charge in [0.1, 0.15) is 0 Å². The maximum Gasteiger partial charge on any atom is 0.229 e. The van der Waals surface area contributed by atoms with Gasteiger partial charge in [-0.1, -0.05) is 41.7 Å². The Morgan fingerprint density at radius 1 is 1.20 bits per heavy atom. The van der Waals surface area contributed by atoms with Gasteiger partial charge in [-0.3, -0.25) is 4.79 Å². The molecule has 0 aliphatic heterocycles. The van der Waals surface area contributed by atoms with Crippen molar-refractivity contribution in [1.29, 1.82) is 0 Å². The number of aromatic nitrogens is 1. The molecule has 7 heteroatoms. The minimum Gasteiger partial charge on any atom is -0.302 e. The predicted molar refractivity (Wildman–Crippen MR) is 98.6 cm³/mol. The summed E-state index contributed by atoms with van der Waals surface area (Å²) in [6.07, 6.45) is 2.02. The zero-order chi connectivity index (χ0) is 17.6. The van der Waals surface area contributed by atoms with E-state index in [2.05, 4.69) is 10.3 Å². The fourth-order valence-electron chi connectivity index (χ4n) is 2.94. The van der Waals surface area contributed by atoms with Gasteiger partial charge in [-0.15, -0.1) is 0 Å². The van der Waals surface area contributed by atoms with Gasteiger partial charge < -0.3 is 5.32 Å². The van der Waals surface area contributed by atoms with Crippen LogP contribution in [0.1, 0.15) is 17.9 Å². The van der Waals surface area contributed by atoms with Crippen molar-refractivity contribution in [2.45, 2.75) is 17.2 Å². The molecule has 1 saturated carbocycles. The van der Waals surface area contributed by atoms with E-state index in [0.717, 1.165) is 11.1 Å². The number of nitrogens with zero attached hydrogens (tertiary/aromatic N) is 1. The molecule has 4 rings (SSSR count). The molecule has 1 aliphatic rings. The molecule has 1 aliphatic carbocycles. The molecule has 0 radical (unpaired) electrons. The molecule has 0 bridgehead atoms. The van der Waals surface area contributed by atoms with E-state index in [1.165, 1.54) is 29.2 Å². The molecule has 1 fully saturated rings. The lowest BCUT2D eigenvalue weighted by molar-refractivity contribution is -0.117. The maximum absolute atomic E-state index is 12.4. The second-order valence-corrected chi connectivity index (χ2v) is 9.32. The van der Waals surface area contributed by atoms with Gasteiger partial charge >= 0.3 is 0 Å². The summed E-state index contributed by atoms with van der Waals surface area (Å²) >= 11 is 1.29. The van der Waals surface area contributed by atoms with E-state index in [1.54, 1.807) is 12.1 Å². The molecule has 1 amide bonds. The van der Waals surface area contributed by atoms with Gasteiger partial charge in [-0.2, -0.15) is 0 Å². The van der Waals surface area contributed by atoms with Gasteiger partial charge in [0.05, 0.1) is 15.1 Å². The Labute approximate surface area is 149 Å². The Morgan fingerprint density at radius 2 is 1.96 bits per heavy atom. The van der Waals surface area contributed by atoms with Crippen molar-refractivity contribution in [1.82, 2.24) is 4.98 Å². The van der Waals surface area contributed by atoms with Gasteiger partial charge in [0.2, 0.25) is 5.91 Å². The summed E-state index contributed by atoms with van der Waals surface area (Å²) in [7, 11) is -3.26. The van der Waals surface area contributed by atoms with E-state index >= 15 is 0 Å². The molecule has 2 atom stereocenters. The van der Waals surface area contributed by atoms with E-state index < -0.39 is 9.84 Å². The van der Waals surface area contributed by atoms with Gasteiger partial charge in [-0.05, 0) is 36.1 Å². The van der Waals surface area contributed by atoms with Crippen LogP contribution in [0.5, 0.6) is 0 Å². The first-order valence-corrected chi connectivity index (χ1v) is 10.6. The smallest absolute Gasteiger partial charge is 0.229 e. The zero-order valence-electron chi connectivity index (χ0n) is 13.5. The third-order valence-corrected chi connectivity index (χ3v) is 6.42. The molecule has 0 unspecified atom stereocenters. The van der Waals surface area contributed by atoms with Crippen LogP contribution >= 0.6 is 11.3 Å². The Hall–Kier alpha value is -2.25. The Morgan fingerprint density at radius 3 is 2.68 bits per heavy atom. The van der Waals surface area contributed by atoms with Crippen molar-refractivity contribution in [2.24, 2.45) is 5.92 Å². The molecule has 1 aromatic heterocycles. The number of carbonyl (C=O) groups excluding carboxylic acids is 1. The highest BCUT2D eigenvalue weighted by Crippen LogP contribution is 2.48. The average molecular weight is 372 g/mol. The lowest BCUT2D eigenvalue weighted by atomic mass is 10.1. The summed E-state index contributed by atoms with van der Waals surface area (Å²) < 4.78 is 24.0. The number of sulfone groups is 1. The summed E-state index contributed by atoms with van der Waals surface area (Å²) in [6, 6.07) is 14.8. The van der Waals surface area contributed by atoms with Crippen molar-refractivity contribution >= 4 is 42.4 Å². The molecule has 1 heterocycles. The number of carbonyl (C=O) groups is 1. The normalized spacial score (nSPS) is 19.7. The van der Waals surface area contributed by atoms with E-state index in [0.29, 0.717) is 10.6 Å². The predicted octanol–water partition coefficient (Wildman–Crippen LogP) is 3.44. The molecule has 3 aromatic rings. The van der Waals surface area contributed by atoms with Crippen LogP contribution in [0.2, 0.25) is 0 Å². The van der Waals surface area contributed by atoms with Crippen LogP contribution in [0.25, 0.3) is 10.2 Å². The minimum absolute atomic E-state index is 0.0269. The fraction of sp³-hybridized carbons (Fsp3) is 0.222. The number of nitrogens with one attached hydrogen (secondary N) is 1. The number of hydrogen-bond donors (Lipinski definition) is 1. The first-order chi connectivity index (χ1) is 11.9. The van der Waals surface area contributed by atoms with Crippen LogP contribution in [-0.4, -0.2) is 25.6 Å². The van der Waals surface area contributed by atoms with Crippen LogP contribution in [-0.2, 0) is 14.6 Å².